The fourth-order valence-electron chi connectivity index (χ4n) is 2.42. The first-order valence-corrected chi connectivity index (χ1v) is 4.80. The Labute approximate surface area is 78.2 Å². The van der Waals surface area contributed by atoms with Gasteiger partial charge in [-0.2, -0.15) is 0 Å². The van der Waals surface area contributed by atoms with E-state index in [1.165, 1.54) is 18.6 Å². The third-order valence-corrected chi connectivity index (χ3v) is 3.20. The topological polar surface area (TPSA) is 41.6 Å². The van der Waals surface area contributed by atoms with Gasteiger partial charge in [0.1, 0.15) is 0 Å². The number of carbonyl (C=O) groups is 1. The van der Waals surface area contributed by atoms with Crippen LogP contribution in [0.4, 0.5) is 0 Å². The largest absolute Gasteiger partial charge is 0.310 e. The number of nitrogens with zero attached hydrogens (tertiary/aromatic N) is 1. The van der Waals surface area contributed by atoms with E-state index in [9.17, 15) is 4.79 Å². The number of fused-ring (bicyclic) bond motifs is 2. The Morgan fingerprint density at radius 3 is 2.77 bits per heavy atom. The van der Waals surface area contributed by atoms with Gasteiger partial charge >= 0.3 is 0 Å². The Morgan fingerprint density at radius 2 is 2.31 bits per heavy atom. The van der Waals surface area contributed by atoms with E-state index in [4.69, 9.17) is 4.84 Å². The summed E-state index contributed by atoms with van der Waals surface area (Å²) in [6.07, 6.45) is 3.35. The van der Waals surface area contributed by atoms with Gasteiger partial charge < -0.3 is 5.32 Å². The molecule has 2 aliphatic heterocycles. The molecule has 2 bridgehead atoms. The first-order chi connectivity index (χ1) is 6.22. The van der Waals surface area contributed by atoms with E-state index in [2.05, 4.69) is 5.32 Å². The van der Waals surface area contributed by atoms with Crippen LogP contribution in [0.1, 0.15) is 19.3 Å². The quantitative estimate of drug-likeness (QED) is 0.621. The van der Waals surface area contributed by atoms with Gasteiger partial charge in [0.2, 0.25) is 0 Å². The highest BCUT2D eigenvalue weighted by Gasteiger charge is 2.43. The zero-order chi connectivity index (χ0) is 9.42. The summed E-state index contributed by atoms with van der Waals surface area (Å²) in [6.45, 7) is 0. The summed E-state index contributed by atoms with van der Waals surface area (Å²) in [4.78, 5) is 16.6. The Kier molecular flexibility index (Phi) is 2.26. The van der Waals surface area contributed by atoms with Crippen molar-refractivity contribution in [3.63, 3.8) is 0 Å². The molecule has 3 atom stereocenters. The Balaban J connectivity index is 1.98. The van der Waals surface area contributed by atoms with Crippen molar-refractivity contribution in [3.05, 3.63) is 0 Å². The summed E-state index contributed by atoms with van der Waals surface area (Å²) in [5.41, 5.74) is 0. The summed E-state index contributed by atoms with van der Waals surface area (Å²) in [5.74, 6) is 0.255. The smallest absolute Gasteiger partial charge is 0.250 e. The van der Waals surface area contributed by atoms with Gasteiger partial charge in [-0.1, -0.05) is 0 Å². The van der Waals surface area contributed by atoms with Crippen LogP contribution in [0.5, 0.6) is 0 Å². The first kappa shape index (κ1) is 8.97. The standard InChI is InChI=1S/C9H16N2O2/c1-11(13-2)9(12)7-5-6-3-4-8(7)10-6/h6-8,10H,3-5H2,1-2H3. The molecule has 3 unspecified atom stereocenters. The van der Waals surface area contributed by atoms with Crippen LogP contribution in [0, 0.1) is 5.92 Å². The molecule has 74 valence electrons. The molecular formula is C9H16N2O2. The van der Waals surface area contributed by atoms with E-state index in [0.29, 0.717) is 12.1 Å². The second-order valence-electron chi connectivity index (χ2n) is 3.91. The lowest BCUT2D eigenvalue weighted by atomic mass is 9.88. The molecule has 4 nitrogen and oxygen atoms in total. The molecule has 13 heavy (non-hydrogen) atoms. The lowest BCUT2D eigenvalue weighted by molar-refractivity contribution is -0.174. The highest BCUT2D eigenvalue weighted by atomic mass is 16.7. The van der Waals surface area contributed by atoms with E-state index in [1.54, 1.807) is 7.05 Å². The summed E-state index contributed by atoms with van der Waals surface area (Å²) >= 11 is 0. The molecule has 2 rings (SSSR count). The van der Waals surface area contributed by atoms with Crippen LogP contribution in [-0.2, 0) is 9.63 Å². The second-order valence-corrected chi connectivity index (χ2v) is 3.91. The molecule has 2 aliphatic rings. The SMILES string of the molecule is CON(C)C(=O)C1CC2CCC1N2. The van der Waals surface area contributed by atoms with Crippen molar-refractivity contribution >= 4 is 5.91 Å². The van der Waals surface area contributed by atoms with Crippen molar-refractivity contribution in [1.29, 1.82) is 0 Å². The number of nitrogens with one attached hydrogen (secondary N) is 1. The predicted molar refractivity (Wildman–Crippen MR) is 47.8 cm³/mol. The molecule has 0 aliphatic carbocycles. The van der Waals surface area contributed by atoms with E-state index in [1.807, 2.05) is 0 Å². The van der Waals surface area contributed by atoms with Gasteiger partial charge in [-0.3, -0.25) is 9.63 Å². The zero-order valence-corrected chi connectivity index (χ0v) is 8.12. The fraction of sp³-hybridized carbons (Fsp3) is 0.889. The number of hydrogen-bond acceptors (Lipinski definition) is 3. The Morgan fingerprint density at radius 1 is 1.54 bits per heavy atom. The van der Waals surface area contributed by atoms with E-state index >= 15 is 0 Å². The van der Waals surface area contributed by atoms with Gasteiger partial charge in [0.05, 0.1) is 13.0 Å². The van der Waals surface area contributed by atoms with Crippen LogP contribution in [0.25, 0.3) is 0 Å². The van der Waals surface area contributed by atoms with Gasteiger partial charge in [-0.25, -0.2) is 5.06 Å². The second kappa shape index (κ2) is 3.27. The third-order valence-electron chi connectivity index (χ3n) is 3.20. The van der Waals surface area contributed by atoms with Crippen LogP contribution in [0.3, 0.4) is 0 Å². The number of hydrogen-bond donors (Lipinski definition) is 1. The monoisotopic (exact) mass is 184 g/mol. The molecule has 2 saturated heterocycles. The minimum Gasteiger partial charge on any atom is -0.310 e. The molecule has 4 heteroatoms. The van der Waals surface area contributed by atoms with Gasteiger partial charge in [-0.05, 0) is 19.3 Å². The van der Waals surface area contributed by atoms with Gasteiger partial charge in [0.15, 0.2) is 0 Å². The first-order valence-electron chi connectivity index (χ1n) is 4.80. The molecule has 1 amide bonds. The van der Waals surface area contributed by atoms with E-state index in [0.717, 1.165) is 12.8 Å². The van der Waals surface area contributed by atoms with Crippen molar-refractivity contribution in [2.24, 2.45) is 5.92 Å². The van der Waals surface area contributed by atoms with E-state index in [-0.39, 0.29) is 11.8 Å². The average molecular weight is 184 g/mol. The Bertz CT molecular complexity index is 220. The highest BCUT2D eigenvalue weighted by molar-refractivity contribution is 5.79. The lowest BCUT2D eigenvalue weighted by Crippen LogP contribution is -2.38. The number of hydroxylamine groups is 2. The van der Waals surface area contributed by atoms with Gasteiger partial charge in [0.25, 0.3) is 5.91 Å². The molecule has 0 aromatic rings. The number of carbonyl (C=O) groups excluding carboxylic acids is 1. The van der Waals surface area contributed by atoms with Crippen molar-refractivity contribution in [2.75, 3.05) is 14.2 Å². The molecule has 0 saturated carbocycles. The summed E-state index contributed by atoms with van der Waals surface area (Å²) < 4.78 is 0. The molecule has 2 fully saturated rings. The fourth-order valence-corrected chi connectivity index (χ4v) is 2.42. The van der Waals surface area contributed by atoms with Crippen molar-refractivity contribution < 1.29 is 9.63 Å². The average Bonchev–Trinajstić information content (AvgIpc) is 2.76. The maximum absolute atomic E-state index is 11.7. The summed E-state index contributed by atoms with van der Waals surface area (Å²) in [6, 6.07) is 0.972. The van der Waals surface area contributed by atoms with E-state index < -0.39 is 0 Å². The summed E-state index contributed by atoms with van der Waals surface area (Å²) in [7, 11) is 3.20. The molecule has 2 heterocycles. The molecule has 0 aromatic carbocycles. The lowest BCUT2D eigenvalue weighted by Gasteiger charge is -2.23. The number of rotatable bonds is 2. The Hall–Kier alpha value is -0.610. The molecule has 0 aromatic heterocycles. The minimum atomic E-state index is 0.113. The molecule has 1 N–H and O–H groups in total. The molecule has 0 radical (unpaired) electrons. The number of amides is 1. The van der Waals surface area contributed by atoms with Gasteiger partial charge in [-0.15, -0.1) is 0 Å². The van der Waals surface area contributed by atoms with Crippen LogP contribution < -0.4 is 5.32 Å². The van der Waals surface area contributed by atoms with Crippen molar-refractivity contribution in [2.45, 2.75) is 31.3 Å². The predicted octanol–water partition coefficient (Wildman–Crippen LogP) is 0.147. The third kappa shape index (κ3) is 1.44. The minimum absolute atomic E-state index is 0.113. The summed E-state index contributed by atoms with van der Waals surface area (Å²) in [5, 5.41) is 4.78. The zero-order valence-electron chi connectivity index (χ0n) is 8.12. The van der Waals surface area contributed by atoms with Crippen LogP contribution in [0.2, 0.25) is 0 Å². The molecular weight excluding hydrogens is 168 g/mol. The molecule has 0 spiro atoms. The van der Waals surface area contributed by atoms with Crippen molar-refractivity contribution in [3.8, 4) is 0 Å². The maximum Gasteiger partial charge on any atom is 0.250 e. The maximum atomic E-state index is 11.7. The highest BCUT2D eigenvalue weighted by Crippen LogP contribution is 2.34. The van der Waals surface area contributed by atoms with Crippen molar-refractivity contribution in [1.82, 2.24) is 10.4 Å². The van der Waals surface area contributed by atoms with Crippen LogP contribution in [0.15, 0.2) is 0 Å². The van der Waals surface area contributed by atoms with Crippen LogP contribution in [-0.4, -0.2) is 37.2 Å². The van der Waals surface area contributed by atoms with Gasteiger partial charge in [0, 0.05) is 19.1 Å². The normalized spacial score (nSPS) is 36.6. The van der Waals surface area contributed by atoms with Crippen LogP contribution >= 0.6 is 0 Å².